The molecule has 0 atom stereocenters. The number of fused-ring (bicyclic) bond motifs is 1. The number of pyridine rings is 2. The third kappa shape index (κ3) is 2.44. The molecular weight excluding hydrogens is 302 g/mol. The van der Waals surface area contributed by atoms with Gasteiger partial charge in [0.05, 0.1) is 7.11 Å². The monoisotopic (exact) mass is 317 g/mol. The zero-order chi connectivity index (χ0) is 17.1. The number of nitriles is 1. The van der Waals surface area contributed by atoms with Gasteiger partial charge in [0.15, 0.2) is 0 Å². The van der Waals surface area contributed by atoms with Crippen molar-refractivity contribution in [1.29, 1.82) is 5.26 Å². The van der Waals surface area contributed by atoms with E-state index in [-0.39, 0.29) is 17.8 Å². The van der Waals surface area contributed by atoms with Crippen molar-refractivity contribution in [3.63, 3.8) is 0 Å². The number of aromatic nitrogens is 2. The number of rotatable bonds is 4. The van der Waals surface area contributed by atoms with Crippen LogP contribution < -0.4 is 10.3 Å². The summed E-state index contributed by atoms with van der Waals surface area (Å²) in [4.78, 5) is 16.9. The zero-order valence-electron chi connectivity index (χ0n) is 13.2. The molecule has 0 fully saturated rings. The summed E-state index contributed by atoms with van der Waals surface area (Å²) in [5, 5.41) is 10.9. The fourth-order valence-electron chi connectivity index (χ4n) is 2.78. The first-order valence-corrected chi connectivity index (χ1v) is 7.37. The van der Waals surface area contributed by atoms with Crippen LogP contribution in [0.1, 0.15) is 5.69 Å². The molecule has 0 N–H and O–H groups in total. The van der Waals surface area contributed by atoms with Gasteiger partial charge in [-0.3, -0.25) is 14.3 Å². The molecule has 0 aliphatic carbocycles. The Bertz CT molecular complexity index is 1010. The second-order valence-corrected chi connectivity index (χ2v) is 5.19. The van der Waals surface area contributed by atoms with Crippen molar-refractivity contribution in [1.82, 2.24) is 9.55 Å². The highest BCUT2D eigenvalue weighted by molar-refractivity contribution is 5.98. The SMILES string of the molecule is C=CCn1c(C#N)c(-c2cccnc2)c2cc(OC)ccc2c1=O. The van der Waals surface area contributed by atoms with Crippen LogP contribution in [0, 0.1) is 11.3 Å². The van der Waals surface area contributed by atoms with Gasteiger partial charge in [-0.15, -0.1) is 6.58 Å². The van der Waals surface area contributed by atoms with Crippen LogP contribution in [-0.4, -0.2) is 16.7 Å². The van der Waals surface area contributed by atoms with Gasteiger partial charge in [-0.1, -0.05) is 12.1 Å². The molecule has 0 bridgehead atoms. The van der Waals surface area contributed by atoms with E-state index < -0.39 is 0 Å². The largest absolute Gasteiger partial charge is 0.497 e. The van der Waals surface area contributed by atoms with Crippen LogP contribution in [0.4, 0.5) is 0 Å². The Hall–Kier alpha value is -3.39. The number of hydrogen-bond acceptors (Lipinski definition) is 4. The minimum absolute atomic E-state index is 0.225. The quantitative estimate of drug-likeness (QED) is 0.693. The van der Waals surface area contributed by atoms with Gasteiger partial charge in [-0.2, -0.15) is 5.26 Å². The molecule has 3 rings (SSSR count). The summed E-state index contributed by atoms with van der Waals surface area (Å²) in [5.74, 6) is 0.623. The fraction of sp³-hybridized carbons (Fsp3) is 0.105. The third-order valence-corrected chi connectivity index (χ3v) is 3.85. The standard InChI is InChI=1S/C19H15N3O2/c1-3-9-22-17(11-20)18(13-5-4-8-21-12-13)16-10-14(24-2)6-7-15(16)19(22)23/h3-8,10,12H,1,9H2,2H3. The predicted molar refractivity (Wildman–Crippen MR) is 92.9 cm³/mol. The second kappa shape index (κ2) is 6.39. The summed E-state index contributed by atoms with van der Waals surface area (Å²) in [6.45, 7) is 3.94. The Morgan fingerprint density at radius 3 is 2.83 bits per heavy atom. The van der Waals surface area contributed by atoms with Gasteiger partial charge in [0.25, 0.3) is 5.56 Å². The van der Waals surface area contributed by atoms with E-state index in [0.29, 0.717) is 22.1 Å². The first-order valence-electron chi connectivity index (χ1n) is 7.37. The van der Waals surface area contributed by atoms with E-state index in [2.05, 4.69) is 17.6 Å². The molecule has 0 saturated heterocycles. The average molecular weight is 317 g/mol. The van der Waals surface area contributed by atoms with Crippen molar-refractivity contribution in [3.05, 3.63) is 71.4 Å². The molecule has 0 radical (unpaired) electrons. The lowest BCUT2D eigenvalue weighted by Crippen LogP contribution is -2.23. The number of methoxy groups -OCH3 is 1. The lowest BCUT2D eigenvalue weighted by atomic mass is 9.98. The van der Waals surface area contributed by atoms with E-state index in [1.807, 2.05) is 6.07 Å². The van der Waals surface area contributed by atoms with E-state index in [9.17, 15) is 10.1 Å². The predicted octanol–water partition coefficient (Wildman–Crippen LogP) is 3.13. The maximum atomic E-state index is 12.8. The maximum absolute atomic E-state index is 12.8. The molecule has 5 heteroatoms. The van der Waals surface area contributed by atoms with Gasteiger partial charge in [0.2, 0.25) is 0 Å². The summed E-state index contributed by atoms with van der Waals surface area (Å²) >= 11 is 0. The average Bonchev–Trinajstić information content (AvgIpc) is 2.64. The van der Waals surface area contributed by atoms with Crippen molar-refractivity contribution < 1.29 is 4.74 Å². The Kier molecular flexibility index (Phi) is 4.13. The summed E-state index contributed by atoms with van der Waals surface area (Å²) in [6, 6.07) is 11.1. The number of allylic oxidation sites excluding steroid dienone is 1. The van der Waals surface area contributed by atoms with Crippen LogP contribution in [0.15, 0.2) is 60.2 Å². The Balaban J connectivity index is 2.54. The Morgan fingerprint density at radius 2 is 2.21 bits per heavy atom. The molecule has 5 nitrogen and oxygen atoms in total. The van der Waals surface area contributed by atoms with E-state index >= 15 is 0 Å². The Morgan fingerprint density at radius 1 is 1.38 bits per heavy atom. The van der Waals surface area contributed by atoms with Crippen LogP contribution in [0.5, 0.6) is 5.75 Å². The van der Waals surface area contributed by atoms with E-state index in [0.717, 1.165) is 5.56 Å². The molecule has 0 aliphatic heterocycles. The molecule has 0 amide bonds. The van der Waals surface area contributed by atoms with E-state index in [1.165, 1.54) is 4.57 Å². The zero-order valence-corrected chi connectivity index (χ0v) is 13.2. The van der Waals surface area contributed by atoms with Gasteiger partial charge in [-0.25, -0.2) is 0 Å². The smallest absolute Gasteiger partial charge is 0.259 e. The van der Waals surface area contributed by atoms with Crippen molar-refractivity contribution >= 4 is 10.8 Å². The topological polar surface area (TPSA) is 67.9 Å². The molecule has 2 aromatic heterocycles. The van der Waals surface area contributed by atoms with Crippen LogP contribution >= 0.6 is 0 Å². The number of hydrogen-bond donors (Lipinski definition) is 0. The van der Waals surface area contributed by atoms with Crippen molar-refractivity contribution in [2.45, 2.75) is 6.54 Å². The number of benzene rings is 1. The first-order chi connectivity index (χ1) is 11.7. The summed E-state index contributed by atoms with van der Waals surface area (Å²) < 4.78 is 6.72. The van der Waals surface area contributed by atoms with Crippen LogP contribution in [-0.2, 0) is 6.54 Å². The van der Waals surface area contributed by atoms with E-state index in [1.54, 1.807) is 49.8 Å². The van der Waals surface area contributed by atoms with Gasteiger partial charge in [0, 0.05) is 40.8 Å². The van der Waals surface area contributed by atoms with Crippen LogP contribution in [0.25, 0.3) is 21.9 Å². The molecule has 0 spiro atoms. The number of ether oxygens (including phenoxy) is 1. The van der Waals surface area contributed by atoms with Gasteiger partial charge in [0.1, 0.15) is 17.5 Å². The molecule has 0 saturated carbocycles. The summed E-state index contributed by atoms with van der Waals surface area (Å²) in [6.07, 6.45) is 4.94. The normalized spacial score (nSPS) is 10.3. The third-order valence-electron chi connectivity index (χ3n) is 3.85. The molecule has 0 aliphatic rings. The highest BCUT2D eigenvalue weighted by atomic mass is 16.5. The molecule has 2 heterocycles. The first kappa shape index (κ1) is 15.5. The minimum atomic E-state index is -0.225. The van der Waals surface area contributed by atoms with Crippen LogP contribution in [0.2, 0.25) is 0 Å². The molecule has 3 aromatic rings. The van der Waals surface area contributed by atoms with Crippen molar-refractivity contribution in [2.75, 3.05) is 7.11 Å². The fourth-order valence-corrected chi connectivity index (χ4v) is 2.78. The molecule has 24 heavy (non-hydrogen) atoms. The van der Waals surface area contributed by atoms with Crippen molar-refractivity contribution in [2.24, 2.45) is 0 Å². The summed E-state index contributed by atoms with van der Waals surface area (Å²) in [5.41, 5.74) is 1.50. The number of nitrogens with zero attached hydrogens (tertiary/aromatic N) is 3. The minimum Gasteiger partial charge on any atom is -0.497 e. The van der Waals surface area contributed by atoms with Crippen molar-refractivity contribution in [3.8, 4) is 22.9 Å². The molecule has 0 unspecified atom stereocenters. The maximum Gasteiger partial charge on any atom is 0.259 e. The van der Waals surface area contributed by atoms with Gasteiger partial charge < -0.3 is 4.74 Å². The van der Waals surface area contributed by atoms with E-state index in [4.69, 9.17) is 4.74 Å². The summed E-state index contributed by atoms with van der Waals surface area (Å²) in [7, 11) is 1.56. The lowest BCUT2D eigenvalue weighted by Gasteiger charge is -2.15. The van der Waals surface area contributed by atoms with Gasteiger partial charge >= 0.3 is 0 Å². The molecule has 1 aromatic carbocycles. The van der Waals surface area contributed by atoms with Gasteiger partial charge in [-0.05, 0) is 24.3 Å². The molecule has 118 valence electrons. The second-order valence-electron chi connectivity index (χ2n) is 5.19. The highest BCUT2D eigenvalue weighted by Crippen LogP contribution is 2.32. The van der Waals surface area contributed by atoms with Crippen LogP contribution in [0.3, 0.4) is 0 Å². The highest BCUT2D eigenvalue weighted by Gasteiger charge is 2.18. The lowest BCUT2D eigenvalue weighted by molar-refractivity contribution is 0.415. The Labute approximate surface area is 139 Å². The molecular formula is C19H15N3O2.